The Labute approximate surface area is 130 Å². The number of ether oxygens (including phenoxy) is 1. The van der Waals surface area contributed by atoms with Crippen molar-refractivity contribution in [1.82, 2.24) is 24.6 Å². The van der Waals surface area contributed by atoms with Crippen molar-refractivity contribution in [3.05, 3.63) is 11.6 Å². The zero-order valence-corrected chi connectivity index (χ0v) is 12.9. The average molecular weight is 305 g/mol. The number of amides is 1. The van der Waals surface area contributed by atoms with E-state index in [0.29, 0.717) is 13.2 Å². The molecule has 3 aliphatic rings. The Bertz CT molecular complexity index is 552. The van der Waals surface area contributed by atoms with Crippen LogP contribution in [-0.2, 0) is 29.0 Å². The molecule has 0 bridgehead atoms. The van der Waals surface area contributed by atoms with Crippen LogP contribution < -0.4 is 0 Å². The van der Waals surface area contributed by atoms with Crippen molar-refractivity contribution in [2.24, 2.45) is 0 Å². The molecule has 22 heavy (non-hydrogen) atoms. The lowest BCUT2D eigenvalue weighted by Crippen LogP contribution is -2.50. The number of hydrogen-bond acceptors (Lipinski definition) is 5. The Morgan fingerprint density at radius 2 is 2.00 bits per heavy atom. The molecule has 2 saturated heterocycles. The number of rotatable bonds is 3. The van der Waals surface area contributed by atoms with Crippen LogP contribution in [0.15, 0.2) is 0 Å². The maximum absolute atomic E-state index is 12.5. The molecule has 1 atom stereocenters. The molecular weight excluding hydrogens is 282 g/mol. The van der Waals surface area contributed by atoms with E-state index in [2.05, 4.69) is 19.7 Å². The van der Waals surface area contributed by atoms with Gasteiger partial charge in [-0.05, 0) is 19.3 Å². The van der Waals surface area contributed by atoms with Crippen LogP contribution in [0.2, 0.25) is 0 Å². The fourth-order valence-corrected chi connectivity index (χ4v) is 3.66. The van der Waals surface area contributed by atoms with Gasteiger partial charge < -0.3 is 14.2 Å². The molecule has 0 aliphatic carbocycles. The number of hydrogen-bond donors (Lipinski definition) is 0. The van der Waals surface area contributed by atoms with Gasteiger partial charge in [-0.3, -0.25) is 9.69 Å². The van der Waals surface area contributed by atoms with Gasteiger partial charge in [0.05, 0.1) is 13.2 Å². The van der Waals surface area contributed by atoms with Crippen molar-refractivity contribution in [3.63, 3.8) is 0 Å². The fraction of sp³-hybridized carbons (Fsp3) is 0.800. The largest absolute Gasteiger partial charge is 0.366 e. The van der Waals surface area contributed by atoms with Gasteiger partial charge in [-0.2, -0.15) is 0 Å². The molecule has 0 saturated carbocycles. The van der Waals surface area contributed by atoms with Gasteiger partial charge in [0.1, 0.15) is 17.8 Å². The summed E-state index contributed by atoms with van der Waals surface area (Å²) >= 11 is 0. The second kappa shape index (κ2) is 5.96. The van der Waals surface area contributed by atoms with Crippen LogP contribution >= 0.6 is 0 Å². The summed E-state index contributed by atoms with van der Waals surface area (Å²) < 4.78 is 7.95. The number of likely N-dealkylation sites (tertiary alicyclic amines) is 1. The lowest BCUT2D eigenvalue weighted by atomic mass is 10.2. The van der Waals surface area contributed by atoms with Crippen molar-refractivity contribution >= 4 is 5.91 Å². The van der Waals surface area contributed by atoms with E-state index in [0.717, 1.165) is 70.1 Å². The van der Waals surface area contributed by atoms with E-state index < -0.39 is 0 Å². The molecule has 1 unspecified atom stereocenters. The van der Waals surface area contributed by atoms with Crippen molar-refractivity contribution in [3.8, 4) is 0 Å². The number of fused-ring (bicyclic) bond motifs is 1. The van der Waals surface area contributed by atoms with Gasteiger partial charge >= 0.3 is 0 Å². The number of carbonyl (C=O) groups is 1. The van der Waals surface area contributed by atoms with E-state index in [4.69, 9.17) is 4.74 Å². The van der Waals surface area contributed by atoms with E-state index in [1.165, 1.54) is 0 Å². The predicted octanol–water partition coefficient (Wildman–Crippen LogP) is 0.0475. The van der Waals surface area contributed by atoms with E-state index in [1.807, 2.05) is 4.90 Å². The molecule has 1 aromatic heterocycles. The van der Waals surface area contributed by atoms with Crippen molar-refractivity contribution in [2.75, 3.05) is 32.8 Å². The quantitative estimate of drug-likeness (QED) is 0.789. The standard InChI is InChI=1S/C15H23N5O2/c21-15(19-5-1-2-6-19)12-10-18(8-9-22-12)11-14-17-16-13-4-3-7-20(13)14/h12H,1-11H2. The highest BCUT2D eigenvalue weighted by molar-refractivity contribution is 5.81. The summed E-state index contributed by atoms with van der Waals surface area (Å²) in [5, 5.41) is 8.57. The first-order chi connectivity index (χ1) is 10.8. The molecule has 4 heterocycles. The summed E-state index contributed by atoms with van der Waals surface area (Å²) in [4.78, 5) is 16.7. The highest BCUT2D eigenvalue weighted by atomic mass is 16.5. The zero-order valence-electron chi connectivity index (χ0n) is 12.9. The van der Waals surface area contributed by atoms with Gasteiger partial charge in [0.25, 0.3) is 5.91 Å². The maximum atomic E-state index is 12.5. The molecule has 4 rings (SSSR count). The molecular formula is C15H23N5O2. The van der Waals surface area contributed by atoms with Gasteiger partial charge in [0.2, 0.25) is 0 Å². The Morgan fingerprint density at radius 3 is 2.86 bits per heavy atom. The topological polar surface area (TPSA) is 63.5 Å². The Kier molecular flexibility index (Phi) is 3.83. The zero-order chi connectivity index (χ0) is 14.9. The molecule has 0 radical (unpaired) electrons. The lowest BCUT2D eigenvalue weighted by Gasteiger charge is -2.33. The Balaban J connectivity index is 1.39. The summed E-state index contributed by atoms with van der Waals surface area (Å²) in [6, 6.07) is 0. The Hall–Kier alpha value is -1.47. The molecule has 7 heteroatoms. The Morgan fingerprint density at radius 1 is 1.14 bits per heavy atom. The molecule has 2 fully saturated rings. The average Bonchev–Trinajstić information content (AvgIpc) is 3.26. The molecule has 1 amide bonds. The third-order valence-corrected chi connectivity index (χ3v) is 4.89. The summed E-state index contributed by atoms with van der Waals surface area (Å²) in [6.07, 6.45) is 4.12. The van der Waals surface area contributed by atoms with Crippen molar-refractivity contribution < 1.29 is 9.53 Å². The van der Waals surface area contributed by atoms with E-state index >= 15 is 0 Å². The minimum atomic E-state index is -0.312. The third kappa shape index (κ3) is 2.63. The highest BCUT2D eigenvalue weighted by Crippen LogP contribution is 2.18. The van der Waals surface area contributed by atoms with Crippen LogP contribution in [0.5, 0.6) is 0 Å². The number of aromatic nitrogens is 3. The maximum Gasteiger partial charge on any atom is 0.253 e. The van der Waals surface area contributed by atoms with Gasteiger partial charge in [0.15, 0.2) is 0 Å². The second-order valence-corrected chi connectivity index (χ2v) is 6.41. The minimum absolute atomic E-state index is 0.161. The van der Waals surface area contributed by atoms with Crippen LogP contribution in [0.4, 0.5) is 0 Å². The first kappa shape index (κ1) is 14.1. The third-order valence-electron chi connectivity index (χ3n) is 4.89. The number of carbonyl (C=O) groups excluding carboxylic acids is 1. The summed E-state index contributed by atoms with van der Waals surface area (Å²) in [5.41, 5.74) is 0. The molecule has 0 aromatic carbocycles. The highest BCUT2D eigenvalue weighted by Gasteiger charge is 2.32. The SMILES string of the molecule is O=C(C1CN(Cc2nnc3n2CCC3)CCO1)N1CCCC1. The predicted molar refractivity (Wildman–Crippen MR) is 79.2 cm³/mol. The van der Waals surface area contributed by atoms with Crippen LogP contribution in [0.25, 0.3) is 0 Å². The van der Waals surface area contributed by atoms with Crippen LogP contribution in [0, 0.1) is 0 Å². The molecule has 1 aromatic rings. The van der Waals surface area contributed by atoms with E-state index in [1.54, 1.807) is 0 Å². The van der Waals surface area contributed by atoms with E-state index in [9.17, 15) is 4.79 Å². The van der Waals surface area contributed by atoms with E-state index in [-0.39, 0.29) is 12.0 Å². The van der Waals surface area contributed by atoms with Crippen LogP contribution in [0.3, 0.4) is 0 Å². The van der Waals surface area contributed by atoms with Crippen molar-refractivity contribution in [2.45, 2.75) is 44.9 Å². The summed E-state index contributed by atoms with van der Waals surface area (Å²) in [5.74, 6) is 2.29. The lowest BCUT2D eigenvalue weighted by molar-refractivity contribution is -0.148. The summed E-state index contributed by atoms with van der Waals surface area (Å²) in [6.45, 7) is 5.69. The molecule has 7 nitrogen and oxygen atoms in total. The number of aryl methyl sites for hydroxylation is 1. The summed E-state index contributed by atoms with van der Waals surface area (Å²) in [7, 11) is 0. The van der Waals surface area contributed by atoms with Crippen molar-refractivity contribution in [1.29, 1.82) is 0 Å². The number of morpholine rings is 1. The normalized spacial score (nSPS) is 25.6. The first-order valence-electron chi connectivity index (χ1n) is 8.35. The van der Waals surface area contributed by atoms with Gasteiger partial charge in [-0.15, -0.1) is 10.2 Å². The molecule has 0 spiro atoms. The second-order valence-electron chi connectivity index (χ2n) is 6.41. The van der Waals surface area contributed by atoms with Gasteiger partial charge in [0, 0.05) is 39.1 Å². The molecule has 3 aliphatic heterocycles. The fourth-order valence-electron chi connectivity index (χ4n) is 3.66. The molecule has 0 N–H and O–H groups in total. The molecule has 120 valence electrons. The monoisotopic (exact) mass is 305 g/mol. The number of nitrogens with zero attached hydrogens (tertiary/aromatic N) is 5. The van der Waals surface area contributed by atoms with Gasteiger partial charge in [-0.25, -0.2) is 0 Å². The van der Waals surface area contributed by atoms with Gasteiger partial charge in [-0.1, -0.05) is 0 Å². The first-order valence-corrected chi connectivity index (χ1v) is 8.35. The smallest absolute Gasteiger partial charge is 0.253 e. The minimum Gasteiger partial charge on any atom is -0.366 e. The van der Waals surface area contributed by atoms with Crippen LogP contribution in [-0.4, -0.2) is 69.4 Å². The van der Waals surface area contributed by atoms with Crippen LogP contribution in [0.1, 0.15) is 30.9 Å².